The van der Waals surface area contributed by atoms with Crippen molar-refractivity contribution in [3.05, 3.63) is 67.8 Å². The van der Waals surface area contributed by atoms with Gasteiger partial charge in [0.05, 0.1) is 27.0 Å². The van der Waals surface area contributed by atoms with Crippen LogP contribution in [-0.4, -0.2) is 33.7 Å². The molecule has 0 aliphatic carbocycles. The first-order chi connectivity index (χ1) is 14.5. The highest BCUT2D eigenvalue weighted by Gasteiger charge is 2.39. The highest BCUT2D eigenvalue weighted by molar-refractivity contribution is 5.95. The van der Waals surface area contributed by atoms with E-state index in [-0.39, 0.29) is 23.1 Å². The number of nitro benzene ring substituents is 2. The van der Waals surface area contributed by atoms with Crippen molar-refractivity contribution in [2.45, 2.75) is 32.9 Å². The molecule has 8 nitrogen and oxygen atoms in total. The van der Waals surface area contributed by atoms with Gasteiger partial charge in [0.1, 0.15) is 0 Å². The monoisotopic (exact) mass is 439 g/mol. The average Bonchev–Trinajstić information content (AvgIpc) is 2.71. The van der Waals surface area contributed by atoms with Gasteiger partial charge >= 0.3 is 6.18 Å². The molecule has 0 aliphatic rings. The smallest absolute Gasteiger partial charge is 0.339 e. The maximum absolute atomic E-state index is 13.6. The lowest BCUT2D eigenvalue weighted by molar-refractivity contribution is -0.394. The van der Waals surface area contributed by atoms with E-state index < -0.39 is 38.5 Å². The van der Waals surface area contributed by atoms with Crippen molar-refractivity contribution in [2.24, 2.45) is 0 Å². The standard InChI is InChI=1S/C20H20F3N3O5/c1-3-9-24(10-4-2)19(27)14-7-5-13(6-8-14)18-16(20(21,22)23)11-15(25(28)29)12-17(18)26(30)31/h5-8,11-12H,3-4,9-10H2,1-2H3. The fraction of sp³-hybridized carbons (Fsp3) is 0.350. The van der Waals surface area contributed by atoms with Crippen LogP contribution in [0.3, 0.4) is 0 Å². The molecule has 0 aromatic heterocycles. The zero-order valence-electron chi connectivity index (χ0n) is 16.8. The molecule has 0 N–H and O–H groups in total. The van der Waals surface area contributed by atoms with Gasteiger partial charge in [0.2, 0.25) is 0 Å². The van der Waals surface area contributed by atoms with Gasteiger partial charge in [-0.15, -0.1) is 0 Å². The fourth-order valence-electron chi connectivity index (χ4n) is 3.21. The Bertz CT molecular complexity index is 985. The van der Waals surface area contributed by atoms with Gasteiger partial charge < -0.3 is 4.90 Å². The zero-order chi connectivity index (χ0) is 23.3. The van der Waals surface area contributed by atoms with Gasteiger partial charge in [0, 0.05) is 24.7 Å². The van der Waals surface area contributed by atoms with Crippen LogP contribution in [-0.2, 0) is 6.18 Å². The third-order valence-corrected chi connectivity index (χ3v) is 4.51. The number of hydrogen-bond acceptors (Lipinski definition) is 5. The largest absolute Gasteiger partial charge is 0.417 e. The van der Waals surface area contributed by atoms with Crippen LogP contribution in [0.5, 0.6) is 0 Å². The van der Waals surface area contributed by atoms with Crippen molar-refractivity contribution in [2.75, 3.05) is 13.1 Å². The van der Waals surface area contributed by atoms with Crippen LogP contribution in [0.15, 0.2) is 36.4 Å². The van der Waals surface area contributed by atoms with Gasteiger partial charge in [0.25, 0.3) is 17.3 Å². The fourth-order valence-corrected chi connectivity index (χ4v) is 3.21. The summed E-state index contributed by atoms with van der Waals surface area (Å²) in [5.41, 5.74) is -4.32. The Morgan fingerprint density at radius 2 is 1.52 bits per heavy atom. The van der Waals surface area contributed by atoms with Crippen LogP contribution < -0.4 is 0 Å². The normalized spacial score (nSPS) is 11.3. The van der Waals surface area contributed by atoms with E-state index in [4.69, 9.17) is 0 Å². The number of non-ortho nitro benzene ring substituents is 1. The van der Waals surface area contributed by atoms with E-state index in [1.54, 1.807) is 4.90 Å². The molecule has 2 aromatic rings. The lowest BCUT2D eigenvalue weighted by Gasteiger charge is -2.21. The van der Waals surface area contributed by atoms with E-state index in [1.807, 2.05) is 13.8 Å². The Kier molecular flexibility index (Phi) is 7.32. The second kappa shape index (κ2) is 9.54. The molecule has 0 aliphatic heterocycles. The van der Waals surface area contributed by atoms with E-state index in [0.29, 0.717) is 19.2 Å². The van der Waals surface area contributed by atoms with Gasteiger partial charge in [0.15, 0.2) is 0 Å². The van der Waals surface area contributed by atoms with Gasteiger partial charge in [-0.05, 0) is 30.5 Å². The molecule has 11 heteroatoms. The first-order valence-electron chi connectivity index (χ1n) is 9.44. The molecular formula is C20H20F3N3O5. The molecule has 0 unspecified atom stereocenters. The second-order valence-corrected chi connectivity index (χ2v) is 6.77. The summed E-state index contributed by atoms with van der Waals surface area (Å²) >= 11 is 0. The van der Waals surface area contributed by atoms with Gasteiger partial charge in [-0.25, -0.2) is 0 Å². The van der Waals surface area contributed by atoms with Crippen LogP contribution in [0.25, 0.3) is 11.1 Å². The zero-order valence-corrected chi connectivity index (χ0v) is 16.8. The van der Waals surface area contributed by atoms with Crippen molar-refractivity contribution in [3.8, 4) is 11.1 Å². The minimum absolute atomic E-state index is 0.178. The summed E-state index contributed by atoms with van der Waals surface area (Å²) in [4.78, 5) is 34.4. The van der Waals surface area contributed by atoms with Crippen molar-refractivity contribution in [1.82, 2.24) is 4.90 Å². The number of nitro groups is 2. The summed E-state index contributed by atoms with van der Waals surface area (Å²) in [5, 5.41) is 22.4. The summed E-state index contributed by atoms with van der Waals surface area (Å²) in [7, 11) is 0. The first kappa shape index (κ1) is 23.8. The number of hydrogen-bond donors (Lipinski definition) is 0. The minimum atomic E-state index is -5.07. The Morgan fingerprint density at radius 1 is 0.968 bits per heavy atom. The molecule has 166 valence electrons. The molecule has 0 spiro atoms. The first-order valence-corrected chi connectivity index (χ1v) is 9.44. The van der Waals surface area contributed by atoms with Gasteiger partial charge in [-0.2, -0.15) is 13.2 Å². The molecule has 0 atom stereocenters. The molecule has 2 rings (SSSR count). The summed E-state index contributed by atoms with van der Waals surface area (Å²) in [5.74, 6) is -0.301. The lowest BCUT2D eigenvalue weighted by atomic mass is 9.95. The number of rotatable bonds is 8. The van der Waals surface area contributed by atoms with Crippen molar-refractivity contribution < 1.29 is 27.8 Å². The van der Waals surface area contributed by atoms with Crippen molar-refractivity contribution in [1.29, 1.82) is 0 Å². The number of amides is 1. The van der Waals surface area contributed by atoms with Crippen molar-refractivity contribution in [3.63, 3.8) is 0 Å². The van der Waals surface area contributed by atoms with Gasteiger partial charge in [-0.1, -0.05) is 26.0 Å². The molecule has 0 saturated carbocycles. The Balaban J connectivity index is 2.61. The quantitative estimate of drug-likeness (QED) is 0.401. The summed E-state index contributed by atoms with van der Waals surface area (Å²) in [6.07, 6.45) is -3.61. The summed E-state index contributed by atoms with van der Waals surface area (Å²) in [6.45, 7) is 4.85. The maximum atomic E-state index is 13.6. The van der Waals surface area contributed by atoms with E-state index in [9.17, 15) is 38.2 Å². The summed E-state index contributed by atoms with van der Waals surface area (Å²) in [6, 6.07) is 5.70. The number of alkyl halides is 3. The number of carbonyl (C=O) groups excluding carboxylic acids is 1. The number of halogens is 3. The van der Waals surface area contributed by atoms with Crippen LogP contribution >= 0.6 is 0 Å². The van der Waals surface area contributed by atoms with Crippen LogP contribution in [0, 0.1) is 20.2 Å². The molecule has 1 amide bonds. The molecule has 2 aromatic carbocycles. The molecule has 0 heterocycles. The molecule has 0 radical (unpaired) electrons. The Labute approximate surface area is 175 Å². The third-order valence-electron chi connectivity index (χ3n) is 4.51. The topological polar surface area (TPSA) is 107 Å². The maximum Gasteiger partial charge on any atom is 0.417 e. The molecule has 31 heavy (non-hydrogen) atoms. The minimum Gasteiger partial charge on any atom is -0.339 e. The molecule has 0 fully saturated rings. The number of carbonyl (C=O) groups is 1. The van der Waals surface area contributed by atoms with Crippen LogP contribution in [0.4, 0.5) is 24.5 Å². The SMILES string of the molecule is CCCN(CCC)C(=O)c1ccc(-c2c([N+](=O)[O-])cc([N+](=O)[O-])cc2C(F)(F)F)cc1. The lowest BCUT2D eigenvalue weighted by Crippen LogP contribution is -2.32. The van der Waals surface area contributed by atoms with E-state index in [0.717, 1.165) is 12.8 Å². The number of nitrogens with zero attached hydrogens (tertiary/aromatic N) is 3. The Morgan fingerprint density at radius 3 is 1.94 bits per heavy atom. The molecule has 0 bridgehead atoms. The highest BCUT2D eigenvalue weighted by atomic mass is 19.4. The average molecular weight is 439 g/mol. The second-order valence-electron chi connectivity index (χ2n) is 6.77. The highest BCUT2D eigenvalue weighted by Crippen LogP contribution is 2.44. The molecule has 0 saturated heterocycles. The third kappa shape index (κ3) is 5.36. The Hall–Kier alpha value is -3.50. The predicted molar refractivity (Wildman–Crippen MR) is 107 cm³/mol. The predicted octanol–water partition coefficient (Wildman–Crippen LogP) is 5.45. The van der Waals surface area contributed by atoms with Gasteiger partial charge in [-0.3, -0.25) is 25.0 Å². The van der Waals surface area contributed by atoms with E-state index in [2.05, 4.69) is 0 Å². The van der Waals surface area contributed by atoms with E-state index >= 15 is 0 Å². The number of benzene rings is 2. The van der Waals surface area contributed by atoms with E-state index in [1.165, 1.54) is 24.3 Å². The van der Waals surface area contributed by atoms with Crippen LogP contribution in [0.1, 0.15) is 42.6 Å². The molecular weight excluding hydrogens is 419 g/mol. The summed E-state index contributed by atoms with van der Waals surface area (Å²) < 4.78 is 40.8. The van der Waals surface area contributed by atoms with Crippen molar-refractivity contribution >= 4 is 17.3 Å². The van der Waals surface area contributed by atoms with Crippen LogP contribution in [0.2, 0.25) is 0 Å².